The van der Waals surface area contributed by atoms with Crippen LogP contribution in [0.25, 0.3) is 5.65 Å². The minimum absolute atomic E-state index is 0.171. The summed E-state index contributed by atoms with van der Waals surface area (Å²) in [6.07, 6.45) is 3.95. The molecule has 0 saturated carbocycles. The fourth-order valence-corrected chi connectivity index (χ4v) is 2.96. The van der Waals surface area contributed by atoms with Crippen LogP contribution >= 0.6 is 23.2 Å². The average molecular weight is 338 g/mol. The zero-order valence-electron chi connectivity index (χ0n) is 11.8. The summed E-state index contributed by atoms with van der Waals surface area (Å²) in [6.45, 7) is 2.47. The molecule has 3 aromatic rings. The van der Waals surface area contributed by atoms with E-state index in [1.807, 2.05) is 23.8 Å². The maximum atomic E-state index is 11.4. The van der Waals surface area contributed by atoms with Crippen molar-refractivity contribution in [1.29, 1.82) is 0 Å². The van der Waals surface area contributed by atoms with Gasteiger partial charge in [0.15, 0.2) is 5.65 Å². The fourth-order valence-electron chi connectivity index (χ4n) is 2.50. The number of benzene rings is 1. The minimum Gasteiger partial charge on any atom is -0.477 e. The molecule has 3 rings (SSSR count). The van der Waals surface area contributed by atoms with E-state index in [0.29, 0.717) is 22.2 Å². The largest absolute Gasteiger partial charge is 0.477 e. The molecule has 5 nitrogen and oxygen atoms in total. The molecule has 0 aliphatic carbocycles. The first-order chi connectivity index (χ1) is 10.5. The molecule has 114 valence electrons. The lowest BCUT2D eigenvalue weighted by atomic mass is 10.2. The van der Waals surface area contributed by atoms with Gasteiger partial charge in [-0.05, 0) is 24.1 Å². The van der Waals surface area contributed by atoms with Gasteiger partial charge in [-0.3, -0.25) is 0 Å². The third kappa shape index (κ3) is 2.46. The van der Waals surface area contributed by atoms with Crippen LogP contribution in [0, 0.1) is 0 Å². The Balaban J connectivity index is 2.15. The molecule has 2 aromatic heterocycles. The highest BCUT2D eigenvalue weighted by Crippen LogP contribution is 2.24. The van der Waals surface area contributed by atoms with E-state index in [-0.39, 0.29) is 5.56 Å². The fraction of sp³-hybridized carbons (Fsp3) is 0.200. The second-order valence-electron chi connectivity index (χ2n) is 4.93. The number of hydrogen-bond donors (Lipinski definition) is 1. The molecule has 0 bridgehead atoms. The summed E-state index contributed by atoms with van der Waals surface area (Å²) in [5.74, 6) is -1.00. The number of carboxylic acids is 1. The van der Waals surface area contributed by atoms with E-state index >= 15 is 0 Å². The quantitative estimate of drug-likeness (QED) is 0.788. The second kappa shape index (κ2) is 5.66. The van der Waals surface area contributed by atoms with Crippen molar-refractivity contribution in [1.82, 2.24) is 14.2 Å². The number of imidazole rings is 1. The van der Waals surface area contributed by atoms with Crippen molar-refractivity contribution in [3.05, 3.63) is 57.5 Å². The first-order valence-electron chi connectivity index (χ1n) is 6.74. The van der Waals surface area contributed by atoms with E-state index in [9.17, 15) is 9.90 Å². The van der Waals surface area contributed by atoms with Gasteiger partial charge in [-0.2, -0.15) is 5.10 Å². The van der Waals surface area contributed by atoms with Gasteiger partial charge in [0.05, 0.1) is 18.9 Å². The van der Waals surface area contributed by atoms with E-state index in [0.717, 1.165) is 17.7 Å². The maximum Gasteiger partial charge on any atom is 0.341 e. The number of halogens is 2. The monoisotopic (exact) mass is 337 g/mol. The summed E-state index contributed by atoms with van der Waals surface area (Å²) in [4.78, 5) is 11.4. The first-order valence-corrected chi connectivity index (χ1v) is 7.49. The van der Waals surface area contributed by atoms with Gasteiger partial charge in [0, 0.05) is 15.7 Å². The van der Waals surface area contributed by atoms with E-state index in [2.05, 4.69) is 5.10 Å². The van der Waals surface area contributed by atoms with Crippen LogP contribution in [0.5, 0.6) is 0 Å². The first kappa shape index (κ1) is 14.9. The van der Waals surface area contributed by atoms with Crippen molar-refractivity contribution in [2.45, 2.75) is 19.9 Å². The smallest absolute Gasteiger partial charge is 0.341 e. The molecule has 0 unspecified atom stereocenters. The van der Waals surface area contributed by atoms with E-state index < -0.39 is 5.97 Å². The van der Waals surface area contributed by atoms with Gasteiger partial charge in [-0.1, -0.05) is 36.2 Å². The summed E-state index contributed by atoms with van der Waals surface area (Å²) in [5, 5.41) is 14.6. The number of aromatic nitrogens is 3. The predicted molar refractivity (Wildman–Crippen MR) is 85.1 cm³/mol. The normalized spacial score (nSPS) is 11.2. The standard InChI is InChI=1S/C15H13Cl2N3O2/c1-2-11-8-20-14(12(6-18-20)15(21)22)19(11)7-9-3-4-10(16)5-13(9)17/h3-6,8H,2,7H2,1H3,(H,21,22). The van der Waals surface area contributed by atoms with Crippen molar-refractivity contribution in [3.8, 4) is 0 Å². The Morgan fingerprint density at radius 1 is 1.36 bits per heavy atom. The lowest BCUT2D eigenvalue weighted by Crippen LogP contribution is -2.07. The molecule has 0 radical (unpaired) electrons. The molecule has 7 heteroatoms. The number of fused-ring (bicyclic) bond motifs is 1. The number of carbonyl (C=O) groups is 1. The van der Waals surface area contributed by atoms with Crippen molar-refractivity contribution in [3.63, 3.8) is 0 Å². The van der Waals surface area contributed by atoms with Crippen LogP contribution in [-0.4, -0.2) is 25.3 Å². The molecule has 0 aliphatic heterocycles. The van der Waals surface area contributed by atoms with Gasteiger partial charge >= 0.3 is 5.97 Å². The third-order valence-corrected chi connectivity index (χ3v) is 4.17. The highest BCUT2D eigenvalue weighted by atomic mass is 35.5. The van der Waals surface area contributed by atoms with Crippen molar-refractivity contribution in [2.24, 2.45) is 0 Å². The average Bonchev–Trinajstić information content (AvgIpc) is 3.01. The third-order valence-electron chi connectivity index (χ3n) is 3.58. The summed E-state index contributed by atoms with van der Waals surface area (Å²) >= 11 is 12.2. The maximum absolute atomic E-state index is 11.4. The zero-order valence-corrected chi connectivity index (χ0v) is 13.3. The van der Waals surface area contributed by atoms with Crippen LogP contribution in [0.4, 0.5) is 0 Å². The highest BCUT2D eigenvalue weighted by Gasteiger charge is 2.18. The Bertz CT molecular complexity index is 867. The van der Waals surface area contributed by atoms with Crippen LogP contribution in [0.3, 0.4) is 0 Å². The molecule has 0 amide bonds. The molecule has 0 aliphatic rings. The van der Waals surface area contributed by atoms with Gasteiger partial charge in [0.25, 0.3) is 0 Å². The molecule has 1 aromatic carbocycles. The number of aryl methyl sites for hydroxylation is 1. The molecule has 22 heavy (non-hydrogen) atoms. The zero-order chi connectivity index (χ0) is 15.9. The molecule has 2 heterocycles. The van der Waals surface area contributed by atoms with Crippen LogP contribution in [-0.2, 0) is 13.0 Å². The molecule has 0 saturated heterocycles. The summed E-state index contributed by atoms with van der Waals surface area (Å²) < 4.78 is 3.51. The van der Waals surface area contributed by atoms with Gasteiger partial charge in [0.1, 0.15) is 5.56 Å². The minimum atomic E-state index is -1.00. The lowest BCUT2D eigenvalue weighted by Gasteiger charge is -2.10. The predicted octanol–water partition coefficient (Wildman–Crippen LogP) is 3.75. The van der Waals surface area contributed by atoms with Crippen LogP contribution in [0.15, 0.2) is 30.6 Å². The number of carboxylic acid groups (broad SMARTS) is 1. The van der Waals surface area contributed by atoms with Crippen LogP contribution < -0.4 is 0 Å². The summed E-state index contributed by atoms with van der Waals surface area (Å²) in [5.41, 5.74) is 2.58. The van der Waals surface area contributed by atoms with Gasteiger partial charge in [0.2, 0.25) is 0 Å². The molecule has 1 N–H and O–H groups in total. The van der Waals surface area contributed by atoms with E-state index in [1.165, 1.54) is 6.20 Å². The van der Waals surface area contributed by atoms with E-state index in [1.54, 1.807) is 16.6 Å². The Hall–Kier alpha value is -1.98. The van der Waals surface area contributed by atoms with Gasteiger partial charge in [-0.25, -0.2) is 9.31 Å². The SMILES string of the molecule is CCc1cn2ncc(C(=O)O)c2n1Cc1ccc(Cl)cc1Cl. The van der Waals surface area contributed by atoms with Crippen molar-refractivity contribution < 1.29 is 9.90 Å². The highest BCUT2D eigenvalue weighted by molar-refractivity contribution is 6.35. The van der Waals surface area contributed by atoms with Crippen LogP contribution in [0.2, 0.25) is 10.0 Å². The van der Waals surface area contributed by atoms with Crippen molar-refractivity contribution >= 4 is 34.8 Å². The van der Waals surface area contributed by atoms with Gasteiger partial charge < -0.3 is 9.67 Å². The molecule has 0 atom stereocenters. The molecular formula is C15H13Cl2N3O2. The number of aromatic carboxylic acids is 1. The topological polar surface area (TPSA) is 59.5 Å². The summed E-state index contributed by atoms with van der Waals surface area (Å²) in [6, 6.07) is 5.29. The molecule has 0 spiro atoms. The number of hydrogen-bond acceptors (Lipinski definition) is 2. The summed E-state index contributed by atoms with van der Waals surface area (Å²) in [7, 11) is 0. The Morgan fingerprint density at radius 3 is 2.77 bits per heavy atom. The van der Waals surface area contributed by atoms with Gasteiger partial charge in [-0.15, -0.1) is 0 Å². The second-order valence-corrected chi connectivity index (χ2v) is 5.77. The Morgan fingerprint density at radius 2 is 2.14 bits per heavy atom. The number of nitrogens with zero attached hydrogens (tertiary/aromatic N) is 3. The van der Waals surface area contributed by atoms with Crippen LogP contribution in [0.1, 0.15) is 28.5 Å². The van der Waals surface area contributed by atoms with E-state index in [4.69, 9.17) is 23.2 Å². The van der Waals surface area contributed by atoms with Crippen molar-refractivity contribution in [2.75, 3.05) is 0 Å². The Kier molecular flexibility index (Phi) is 3.85. The Labute approximate surface area is 136 Å². The number of rotatable bonds is 4. The molecule has 0 fully saturated rings. The molecular weight excluding hydrogens is 325 g/mol. The lowest BCUT2D eigenvalue weighted by molar-refractivity contribution is 0.0698.